The fourth-order valence-electron chi connectivity index (χ4n) is 10.5. The van der Waals surface area contributed by atoms with Gasteiger partial charge in [-0.3, -0.25) is 29.0 Å². The third-order valence-electron chi connectivity index (χ3n) is 14.2. The van der Waals surface area contributed by atoms with Crippen LogP contribution < -0.4 is 20.1 Å². The van der Waals surface area contributed by atoms with Crippen molar-refractivity contribution in [1.82, 2.24) is 25.6 Å². The number of hydrogen-bond donors (Lipinski definition) is 3. The number of carbonyl (C=O) groups excluding carboxylic acids is 5. The second kappa shape index (κ2) is 21.2. The first-order valence-electron chi connectivity index (χ1n) is 23.8. The first kappa shape index (κ1) is 52.5. The van der Waals surface area contributed by atoms with Crippen LogP contribution in [0.25, 0.3) is 10.4 Å². The van der Waals surface area contributed by atoms with E-state index in [1.165, 1.54) is 6.20 Å². The molecule has 0 aliphatic heterocycles. The summed E-state index contributed by atoms with van der Waals surface area (Å²) in [4.78, 5) is 82.5. The molecule has 5 atom stereocenters. The maximum absolute atomic E-state index is 14.3. The summed E-state index contributed by atoms with van der Waals surface area (Å²) >= 11 is 7.78. The van der Waals surface area contributed by atoms with Crippen molar-refractivity contribution in [2.24, 2.45) is 34.0 Å². The SMILES string of the molecule is Cc1ncsc1-c1ccc([C@H](C)CC(=O)[C@@H]2C[C@@H](O)CC2C(=O)C(CC(=O)CNC(=O)c2ccc(Oc3ccc(C(=O)N[C@H]4C(C)(C)[C@H](Oc5ccc(C#N)c(Cl)c5)C4(C)C)cn3)cc2)C(C)(C)C)nc1. The number of aliphatic hydroxyl groups is 1. The van der Waals surface area contributed by atoms with Gasteiger partial charge in [0.2, 0.25) is 5.88 Å². The van der Waals surface area contributed by atoms with E-state index in [0.29, 0.717) is 27.6 Å². The lowest BCUT2D eigenvalue weighted by Gasteiger charge is -2.63. The number of carbonyl (C=O) groups is 5. The standard InChI is InChI=1S/C55H61ClN6O8S/c1-30(44-18-13-34(26-58-44)48-31(2)61-29-71-48)20-45(65)40-21-36(63)22-41(40)47(66)42(53(3,4)5)23-37(64)28-60-49(67)32-10-15-38(16-11-32)69-46-19-14-35(27-59-46)50(68)62-51-54(6,7)52(55(51,8)9)70-39-17-12-33(25-57)43(56)24-39/h10-19,24,26-27,29-30,36,40-42,51-52,63H,20-23,28H2,1-9H3,(H,60,67)(H,62,68)/t30-,36-,40-,41?,42?,51-,52-/m1/s1. The summed E-state index contributed by atoms with van der Waals surface area (Å²) in [6, 6.07) is 20.1. The summed E-state index contributed by atoms with van der Waals surface area (Å²) in [7, 11) is 0. The largest absolute Gasteiger partial charge is 0.489 e. The van der Waals surface area contributed by atoms with E-state index in [1.807, 2.05) is 80.5 Å². The van der Waals surface area contributed by atoms with Gasteiger partial charge in [-0.1, -0.05) is 73.1 Å². The minimum absolute atomic E-state index is 0.109. The molecule has 2 amide bonds. The van der Waals surface area contributed by atoms with Crippen LogP contribution in [0.1, 0.15) is 125 Å². The average Bonchev–Trinajstić information content (AvgIpc) is 3.95. The number of ether oxygens (including phenoxy) is 2. The van der Waals surface area contributed by atoms with Gasteiger partial charge < -0.3 is 25.2 Å². The number of nitrogens with one attached hydrogen (secondary N) is 2. The van der Waals surface area contributed by atoms with Crippen molar-refractivity contribution >= 4 is 52.1 Å². The summed E-state index contributed by atoms with van der Waals surface area (Å²) < 4.78 is 12.2. The molecule has 2 aliphatic rings. The molecule has 3 aromatic heterocycles. The second-order valence-corrected chi connectivity index (χ2v) is 22.5. The molecule has 0 spiro atoms. The molecule has 2 unspecified atom stereocenters. The Bertz CT molecular complexity index is 2820. The van der Waals surface area contributed by atoms with Crippen molar-refractivity contribution in [1.29, 1.82) is 5.26 Å². The van der Waals surface area contributed by atoms with Crippen LogP contribution >= 0.6 is 22.9 Å². The minimum Gasteiger partial charge on any atom is -0.489 e. The molecule has 3 N–H and O–H groups in total. The highest BCUT2D eigenvalue weighted by atomic mass is 35.5. The molecule has 0 bridgehead atoms. The van der Waals surface area contributed by atoms with E-state index < -0.39 is 46.0 Å². The fraction of sp³-hybridized carbons (Fsp3) is 0.436. The number of pyridine rings is 2. The van der Waals surface area contributed by atoms with Crippen LogP contribution in [0.2, 0.25) is 5.02 Å². The number of aromatic nitrogens is 3. The van der Waals surface area contributed by atoms with Crippen LogP contribution in [-0.4, -0.2) is 74.0 Å². The Balaban J connectivity index is 0.884. The number of halogens is 1. The molecule has 0 radical (unpaired) electrons. The van der Waals surface area contributed by atoms with Crippen molar-refractivity contribution in [3.05, 3.63) is 118 Å². The van der Waals surface area contributed by atoms with Crippen molar-refractivity contribution < 1.29 is 38.6 Å². The van der Waals surface area contributed by atoms with Crippen molar-refractivity contribution in [2.45, 2.75) is 112 Å². The topological polar surface area (TPSA) is 211 Å². The molecule has 3 heterocycles. The summed E-state index contributed by atoms with van der Waals surface area (Å²) in [5, 5.41) is 26.1. The first-order valence-corrected chi connectivity index (χ1v) is 25.1. The number of aryl methyl sites for hydroxylation is 1. The highest BCUT2D eigenvalue weighted by molar-refractivity contribution is 7.13. The molecule has 2 fully saturated rings. The van der Waals surface area contributed by atoms with Gasteiger partial charge in [-0.25, -0.2) is 9.97 Å². The Morgan fingerprint density at radius 1 is 0.873 bits per heavy atom. The number of rotatable bonds is 18. The Morgan fingerprint density at radius 3 is 2.14 bits per heavy atom. The zero-order chi connectivity index (χ0) is 51.6. The zero-order valence-corrected chi connectivity index (χ0v) is 43.1. The number of amides is 2. The predicted octanol–water partition coefficient (Wildman–Crippen LogP) is 9.91. The fourth-order valence-corrected chi connectivity index (χ4v) is 11.5. The molecule has 71 heavy (non-hydrogen) atoms. The average molecular weight is 1000 g/mol. The van der Waals surface area contributed by atoms with E-state index in [2.05, 4.69) is 25.6 Å². The number of hydrogen-bond acceptors (Lipinski definition) is 13. The van der Waals surface area contributed by atoms with Crippen LogP contribution in [0.3, 0.4) is 0 Å². The third kappa shape index (κ3) is 11.7. The molecular formula is C55H61ClN6O8S. The highest BCUT2D eigenvalue weighted by Crippen LogP contribution is 2.56. The number of nitriles is 1. The number of aliphatic hydroxyl groups excluding tert-OH is 1. The van der Waals surface area contributed by atoms with E-state index >= 15 is 0 Å². The number of nitrogens with zero attached hydrogens (tertiary/aromatic N) is 4. The van der Waals surface area contributed by atoms with E-state index in [1.54, 1.807) is 77.6 Å². The summed E-state index contributed by atoms with van der Waals surface area (Å²) in [6.45, 7) is 17.3. The van der Waals surface area contributed by atoms with E-state index in [-0.39, 0.29) is 85.0 Å². The van der Waals surface area contributed by atoms with Gasteiger partial charge in [0.05, 0.1) is 44.9 Å². The van der Waals surface area contributed by atoms with E-state index in [0.717, 1.165) is 21.8 Å². The molecule has 5 aromatic rings. The number of ketones is 3. The number of benzene rings is 2. The molecule has 2 aliphatic carbocycles. The lowest BCUT2D eigenvalue weighted by atomic mass is 9.49. The monoisotopic (exact) mass is 1000 g/mol. The number of Topliss-reactive ketones (excluding diaryl/α,β-unsaturated/α-hetero) is 3. The molecule has 0 saturated heterocycles. The maximum Gasteiger partial charge on any atom is 0.253 e. The predicted molar refractivity (Wildman–Crippen MR) is 270 cm³/mol. The quantitative estimate of drug-likeness (QED) is 0.0749. The van der Waals surface area contributed by atoms with Crippen molar-refractivity contribution in [3.8, 4) is 33.9 Å². The van der Waals surface area contributed by atoms with Gasteiger partial charge in [0.15, 0.2) is 5.78 Å². The van der Waals surface area contributed by atoms with Crippen molar-refractivity contribution in [3.63, 3.8) is 0 Å². The Labute approximate surface area is 424 Å². The molecule has 2 aromatic carbocycles. The summed E-state index contributed by atoms with van der Waals surface area (Å²) in [5.74, 6) is -2.67. The maximum atomic E-state index is 14.3. The van der Waals surface area contributed by atoms with Crippen LogP contribution in [0, 0.1) is 52.3 Å². The Kier molecular flexibility index (Phi) is 15.6. The second-order valence-electron chi connectivity index (χ2n) is 21.2. The molecule has 7 rings (SSSR count). The Hall–Kier alpha value is -6.34. The van der Waals surface area contributed by atoms with Gasteiger partial charge in [0.1, 0.15) is 35.2 Å². The lowest BCUT2D eigenvalue weighted by molar-refractivity contribution is -0.164. The molecular weight excluding hydrogens is 940 g/mol. The van der Waals surface area contributed by atoms with Gasteiger partial charge in [-0.05, 0) is 73.7 Å². The minimum atomic E-state index is -0.810. The van der Waals surface area contributed by atoms with Gasteiger partial charge in [0.25, 0.3) is 11.8 Å². The van der Waals surface area contributed by atoms with Crippen LogP contribution in [0.5, 0.6) is 17.4 Å². The zero-order valence-electron chi connectivity index (χ0n) is 41.5. The summed E-state index contributed by atoms with van der Waals surface area (Å²) in [6.07, 6.45) is 2.50. The van der Waals surface area contributed by atoms with E-state index in [9.17, 15) is 34.3 Å². The summed E-state index contributed by atoms with van der Waals surface area (Å²) in [5.41, 5.74) is 3.87. The van der Waals surface area contributed by atoms with Gasteiger partial charge in [-0.15, -0.1) is 11.3 Å². The molecule has 16 heteroatoms. The highest BCUT2D eigenvalue weighted by Gasteiger charge is 2.64. The third-order valence-corrected chi connectivity index (χ3v) is 15.4. The van der Waals surface area contributed by atoms with Gasteiger partial charge in [0, 0.05) is 94.7 Å². The van der Waals surface area contributed by atoms with Gasteiger partial charge >= 0.3 is 0 Å². The normalized spacial score (nSPS) is 20.9. The first-order chi connectivity index (χ1) is 33.5. The van der Waals surface area contributed by atoms with Crippen LogP contribution in [-0.2, 0) is 14.4 Å². The molecule has 14 nitrogen and oxygen atoms in total. The molecule has 372 valence electrons. The molecule has 2 saturated carbocycles. The Morgan fingerprint density at radius 2 is 1.55 bits per heavy atom. The lowest BCUT2D eigenvalue weighted by Crippen LogP contribution is -2.74. The van der Waals surface area contributed by atoms with Crippen LogP contribution in [0.15, 0.2) is 84.6 Å². The van der Waals surface area contributed by atoms with E-state index in [4.69, 9.17) is 21.1 Å². The smallest absolute Gasteiger partial charge is 0.253 e. The van der Waals surface area contributed by atoms with Gasteiger partial charge in [-0.2, -0.15) is 5.26 Å². The van der Waals surface area contributed by atoms with Crippen LogP contribution in [0.4, 0.5) is 0 Å². The van der Waals surface area contributed by atoms with Crippen molar-refractivity contribution in [2.75, 3.05) is 6.54 Å². The number of thiazole rings is 1.